The maximum Gasteiger partial charge on any atom is 0.354 e. The number of ether oxygens (including phenoxy) is 2. The number of esters is 2. The second kappa shape index (κ2) is 9.96. The van der Waals surface area contributed by atoms with Gasteiger partial charge in [0.1, 0.15) is 22.8 Å². The Bertz CT molecular complexity index is 1330. The number of aromatic carboxylic acids is 1. The lowest BCUT2D eigenvalue weighted by Gasteiger charge is -2.38. The summed E-state index contributed by atoms with van der Waals surface area (Å²) in [4.78, 5) is 51.2. The standard InChI is InChI=1S/C24H25F2N3O7/c1-35-18(30)11-17(24(34)36-2)27-6-8-28(9-7-27)21-16(25)10-14-20(19(21)26)29(13-4-3-5-13)12-15(22(14)31)23(32)33/h10-13H,3-9H2,1-2H3,(H,32,33). The van der Waals surface area contributed by atoms with Gasteiger partial charge in [0, 0.05) is 38.4 Å². The van der Waals surface area contributed by atoms with Crippen LogP contribution in [0.2, 0.25) is 0 Å². The van der Waals surface area contributed by atoms with Crippen LogP contribution in [0.25, 0.3) is 10.9 Å². The van der Waals surface area contributed by atoms with E-state index in [0.717, 1.165) is 24.8 Å². The molecule has 36 heavy (non-hydrogen) atoms. The van der Waals surface area contributed by atoms with Crippen LogP contribution < -0.4 is 10.3 Å². The molecule has 2 fully saturated rings. The van der Waals surface area contributed by atoms with Crippen molar-refractivity contribution in [1.29, 1.82) is 0 Å². The summed E-state index contributed by atoms with van der Waals surface area (Å²) in [6, 6.07) is 0.697. The van der Waals surface area contributed by atoms with Gasteiger partial charge in [0.2, 0.25) is 5.43 Å². The van der Waals surface area contributed by atoms with Crippen molar-refractivity contribution in [3.63, 3.8) is 0 Å². The molecule has 2 aliphatic rings. The van der Waals surface area contributed by atoms with Gasteiger partial charge in [-0.3, -0.25) is 4.79 Å². The first-order valence-electron chi connectivity index (χ1n) is 11.4. The van der Waals surface area contributed by atoms with Crippen LogP contribution in [-0.2, 0) is 19.1 Å². The third-order valence-electron chi connectivity index (χ3n) is 6.67. The molecule has 1 aromatic carbocycles. The zero-order valence-electron chi connectivity index (χ0n) is 19.8. The van der Waals surface area contributed by atoms with Crippen LogP contribution in [0.4, 0.5) is 14.5 Å². The van der Waals surface area contributed by atoms with Gasteiger partial charge < -0.3 is 28.9 Å². The van der Waals surface area contributed by atoms with Crippen LogP contribution in [0.15, 0.2) is 28.8 Å². The number of carbonyl (C=O) groups excluding carboxylic acids is 2. The molecule has 2 aromatic rings. The molecule has 0 radical (unpaired) electrons. The van der Waals surface area contributed by atoms with Gasteiger partial charge in [-0.1, -0.05) is 0 Å². The average molecular weight is 505 g/mol. The lowest BCUT2D eigenvalue weighted by molar-refractivity contribution is -0.140. The Balaban J connectivity index is 1.72. The number of pyridine rings is 1. The number of carboxylic acids is 1. The number of aromatic nitrogens is 1. The number of halogens is 2. The number of hydrogen-bond donors (Lipinski definition) is 1. The van der Waals surface area contributed by atoms with E-state index in [0.29, 0.717) is 12.8 Å². The van der Waals surface area contributed by atoms with Gasteiger partial charge in [0.05, 0.1) is 31.2 Å². The first-order chi connectivity index (χ1) is 17.2. The predicted octanol–water partition coefficient (Wildman–Crippen LogP) is 2.05. The highest BCUT2D eigenvalue weighted by Gasteiger charge is 2.31. The summed E-state index contributed by atoms with van der Waals surface area (Å²) >= 11 is 0. The van der Waals surface area contributed by atoms with Gasteiger partial charge in [0.25, 0.3) is 0 Å². The van der Waals surface area contributed by atoms with E-state index in [9.17, 15) is 24.3 Å². The first kappa shape index (κ1) is 25.1. The first-order valence-corrected chi connectivity index (χ1v) is 11.4. The highest BCUT2D eigenvalue weighted by Crippen LogP contribution is 2.37. The molecule has 1 N–H and O–H groups in total. The van der Waals surface area contributed by atoms with E-state index in [2.05, 4.69) is 4.74 Å². The van der Waals surface area contributed by atoms with E-state index < -0.39 is 40.5 Å². The van der Waals surface area contributed by atoms with Crippen LogP contribution in [0, 0.1) is 11.6 Å². The number of carboxylic acid groups (broad SMARTS) is 1. The van der Waals surface area contributed by atoms with Gasteiger partial charge in [-0.25, -0.2) is 23.2 Å². The Kier molecular flexibility index (Phi) is 6.95. The van der Waals surface area contributed by atoms with Gasteiger partial charge in [-0.15, -0.1) is 0 Å². The summed E-state index contributed by atoms with van der Waals surface area (Å²) in [5.74, 6) is -4.91. The van der Waals surface area contributed by atoms with Crippen molar-refractivity contribution < 1.29 is 37.7 Å². The Hall–Kier alpha value is -3.96. The van der Waals surface area contributed by atoms with Gasteiger partial charge in [-0.05, 0) is 25.3 Å². The fourth-order valence-electron chi connectivity index (χ4n) is 4.55. The van der Waals surface area contributed by atoms with Crippen LogP contribution in [0.3, 0.4) is 0 Å². The molecule has 0 atom stereocenters. The van der Waals surface area contributed by atoms with Crippen LogP contribution in [0.1, 0.15) is 35.7 Å². The monoisotopic (exact) mass is 505 g/mol. The largest absolute Gasteiger partial charge is 0.477 e. The molecule has 0 spiro atoms. The van der Waals surface area contributed by atoms with Crippen molar-refractivity contribution in [3.8, 4) is 0 Å². The lowest BCUT2D eigenvalue weighted by Crippen LogP contribution is -2.48. The number of piperazine rings is 1. The summed E-state index contributed by atoms with van der Waals surface area (Å²) < 4.78 is 41.9. The molecule has 2 heterocycles. The number of methoxy groups -OCH3 is 2. The molecule has 12 heteroatoms. The lowest BCUT2D eigenvalue weighted by atomic mass is 9.92. The normalized spacial score (nSPS) is 16.6. The molecular formula is C24H25F2N3O7. The van der Waals surface area contributed by atoms with Crippen LogP contribution in [0.5, 0.6) is 0 Å². The van der Waals surface area contributed by atoms with Gasteiger partial charge in [-0.2, -0.15) is 0 Å². The molecular weight excluding hydrogens is 480 g/mol. The molecule has 1 aromatic heterocycles. The predicted molar refractivity (Wildman–Crippen MR) is 124 cm³/mol. The summed E-state index contributed by atoms with van der Waals surface area (Å²) in [5, 5.41) is 9.11. The number of benzene rings is 1. The minimum atomic E-state index is -1.46. The van der Waals surface area contributed by atoms with E-state index >= 15 is 8.78 Å². The maximum atomic E-state index is 15.9. The van der Waals surface area contributed by atoms with Crippen molar-refractivity contribution in [2.45, 2.75) is 25.3 Å². The molecule has 1 aliphatic heterocycles. The molecule has 1 aliphatic carbocycles. The minimum Gasteiger partial charge on any atom is -0.477 e. The van der Waals surface area contributed by atoms with Crippen LogP contribution >= 0.6 is 0 Å². The topological polar surface area (TPSA) is 118 Å². The summed E-state index contributed by atoms with van der Waals surface area (Å²) in [5.41, 5.74) is -1.99. The van der Waals surface area contributed by atoms with Crippen LogP contribution in [-0.4, -0.2) is 72.9 Å². The molecule has 192 valence electrons. The SMILES string of the molecule is COC(=O)C=C(C(=O)OC)N1CCN(c2c(F)cc3c(=O)c(C(=O)O)cn(C4CCC4)c3c2F)CC1. The van der Waals surface area contributed by atoms with E-state index in [1.165, 1.54) is 23.7 Å². The number of nitrogens with zero attached hydrogens (tertiary/aromatic N) is 3. The highest BCUT2D eigenvalue weighted by molar-refractivity contribution is 5.96. The molecule has 1 saturated carbocycles. The van der Waals surface area contributed by atoms with E-state index in [1.807, 2.05) is 0 Å². The fraction of sp³-hybridized carbons (Fsp3) is 0.417. The maximum absolute atomic E-state index is 15.9. The van der Waals surface area contributed by atoms with E-state index in [4.69, 9.17) is 4.74 Å². The van der Waals surface area contributed by atoms with E-state index in [1.54, 1.807) is 4.90 Å². The van der Waals surface area contributed by atoms with E-state index in [-0.39, 0.29) is 54.5 Å². The third-order valence-corrected chi connectivity index (χ3v) is 6.67. The van der Waals surface area contributed by atoms with Crippen molar-refractivity contribution >= 4 is 34.5 Å². The zero-order valence-corrected chi connectivity index (χ0v) is 19.8. The molecule has 0 bridgehead atoms. The number of carbonyl (C=O) groups is 3. The van der Waals surface area contributed by atoms with Crippen molar-refractivity contribution in [2.75, 3.05) is 45.3 Å². The fourth-order valence-corrected chi connectivity index (χ4v) is 4.55. The Morgan fingerprint density at radius 3 is 2.28 bits per heavy atom. The highest BCUT2D eigenvalue weighted by atomic mass is 19.1. The molecule has 0 unspecified atom stereocenters. The van der Waals surface area contributed by atoms with Crippen molar-refractivity contribution in [2.24, 2.45) is 0 Å². The number of anilines is 1. The summed E-state index contributed by atoms with van der Waals surface area (Å²) in [6.45, 7) is 0.468. The molecule has 0 amide bonds. The number of rotatable bonds is 6. The smallest absolute Gasteiger partial charge is 0.354 e. The minimum absolute atomic E-state index is 0.0384. The number of fused-ring (bicyclic) bond motifs is 1. The average Bonchev–Trinajstić information content (AvgIpc) is 2.82. The molecule has 4 rings (SSSR count). The molecule has 1 saturated heterocycles. The second-order valence-electron chi connectivity index (χ2n) is 8.60. The van der Waals surface area contributed by atoms with Crippen molar-refractivity contribution in [3.05, 3.63) is 51.5 Å². The third kappa shape index (κ3) is 4.38. The zero-order chi connectivity index (χ0) is 26.1. The summed E-state index contributed by atoms with van der Waals surface area (Å²) in [7, 11) is 2.33. The summed E-state index contributed by atoms with van der Waals surface area (Å²) in [6.07, 6.45) is 4.38. The second-order valence-corrected chi connectivity index (χ2v) is 8.60. The Morgan fingerprint density at radius 2 is 1.75 bits per heavy atom. The number of hydrogen-bond acceptors (Lipinski definition) is 8. The quantitative estimate of drug-likeness (QED) is 0.465. The van der Waals surface area contributed by atoms with Crippen molar-refractivity contribution in [1.82, 2.24) is 9.47 Å². The Morgan fingerprint density at radius 1 is 1.08 bits per heavy atom. The van der Waals surface area contributed by atoms with Gasteiger partial charge >= 0.3 is 17.9 Å². The molecule has 10 nitrogen and oxygen atoms in total. The Labute approximate surface area is 204 Å². The van der Waals surface area contributed by atoms with Gasteiger partial charge in [0.15, 0.2) is 5.82 Å².